The second-order valence-electron chi connectivity index (χ2n) is 8.75. The molecule has 2 aromatic rings. The summed E-state index contributed by atoms with van der Waals surface area (Å²) >= 11 is 1.81. The molecule has 8 heteroatoms. The van der Waals surface area contributed by atoms with Gasteiger partial charge in [-0.2, -0.15) is 4.98 Å². The topological polar surface area (TPSA) is 63.1 Å². The Bertz CT molecular complexity index is 925. The summed E-state index contributed by atoms with van der Waals surface area (Å²) in [5, 5.41) is 4.53. The first kappa shape index (κ1) is 19.8. The maximum Gasteiger partial charge on any atom is 0.255 e. The number of aromatic nitrogens is 3. The van der Waals surface area contributed by atoms with Crippen molar-refractivity contribution in [2.75, 3.05) is 24.7 Å². The SMILES string of the molecule is BC1(Nc2ncc3cc(C)c(=O)n(C4CCCC4C)c3n2)CCN(SC)CC1. The Morgan fingerprint density at radius 3 is 2.71 bits per heavy atom. The van der Waals surface area contributed by atoms with E-state index in [0.717, 1.165) is 48.9 Å². The van der Waals surface area contributed by atoms with Crippen LogP contribution < -0.4 is 10.9 Å². The number of aryl methyl sites for hydroxylation is 1. The van der Waals surface area contributed by atoms with Crippen LogP contribution in [0.5, 0.6) is 0 Å². The van der Waals surface area contributed by atoms with Crippen LogP contribution in [0.2, 0.25) is 0 Å². The van der Waals surface area contributed by atoms with Crippen LogP contribution in [0, 0.1) is 12.8 Å². The fourth-order valence-corrected chi connectivity index (χ4v) is 5.24. The summed E-state index contributed by atoms with van der Waals surface area (Å²) in [6, 6.07) is 2.16. The van der Waals surface area contributed by atoms with Gasteiger partial charge in [-0.3, -0.25) is 13.7 Å². The molecule has 28 heavy (non-hydrogen) atoms. The molecule has 1 saturated carbocycles. The van der Waals surface area contributed by atoms with E-state index < -0.39 is 0 Å². The van der Waals surface area contributed by atoms with Crippen LogP contribution in [0.1, 0.15) is 50.6 Å². The quantitative estimate of drug-likeness (QED) is 0.630. The van der Waals surface area contributed by atoms with Crippen LogP contribution in [-0.2, 0) is 0 Å². The van der Waals surface area contributed by atoms with Crippen molar-refractivity contribution in [3.8, 4) is 0 Å². The van der Waals surface area contributed by atoms with Crippen LogP contribution in [0.3, 0.4) is 0 Å². The van der Waals surface area contributed by atoms with Gasteiger partial charge in [0.15, 0.2) is 0 Å². The minimum Gasteiger partial charge on any atom is -0.356 e. The molecule has 2 unspecified atom stereocenters. The van der Waals surface area contributed by atoms with E-state index in [1.54, 1.807) is 0 Å². The van der Waals surface area contributed by atoms with Crippen LogP contribution >= 0.6 is 11.9 Å². The van der Waals surface area contributed by atoms with Gasteiger partial charge in [-0.15, -0.1) is 0 Å². The van der Waals surface area contributed by atoms with E-state index in [-0.39, 0.29) is 17.0 Å². The number of hydrogen-bond acceptors (Lipinski definition) is 6. The van der Waals surface area contributed by atoms with Crippen molar-refractivity contribution in [2.45, 2.75) is 57.4 Å². The van der Waals surface area contributed by atoms with Gasteiger partial charge in [0.2, 0.25) is 5.95 Å². The summed E-state index contributed by atoms with van der Waals surface area (Å²) in [5.41, 5.74) is 1.62. The van der Waals surface area contributed by atoms with E-state index in [0.29, 0.717) is 11.9 Å². The van der Waals surface area contributed by atoms with Crippen LogP contribution in [-0.4, -0.2) is 51.5 Å². The van der Waals surface area contributed by atoms with Gasteiger partial charge in [-0.05, 0) is 50.8 Å². The summed E-state index contributed by atoms with van der Waals surface area (Å²) in [6.07, 6.45) is 9.50. The fraction of sp³-hybridized carbons (Fsp3) is 0.650. The molecule has 1 aliphatic carbocycles. The van der Waals surface area contributed by atoms with Gasteiger partial charge in [0, 0.05) is 41.7 Å². The van der Waals surface area contributed by atoms with Crippen molar-refractivity contribution < 1.29 is 0 Å². The second-order valence-corrected chi connectivity index (χ2v) is 9.63. The van der Waals surface area contributed by atoms with E-state index >= 15 is 0 Å². The normalized spacial score (nSPS) is 25.2. The zero-order valence-electron chi connectivity index (χ0n) is 17.4. The summed E-state index contributed by atoms with van der Waals surface area (Å²) in [5.74, 6) is 1.14. The van der Waals surface area contributed by atoms with Gasteiger partial charge in [0.25, 0.3) is 5.56 Å². The van der Waals surface area contributed by atoms with Gasteiger partial charge >= 0.3 is 0 Å². The number of rotatable bonds is 4. The van der Waals surface area contributed by atoms with E-state index in [1.807, 2.05) is 35.7 Å². The summed E-state index contributed by atoms with van der Waals surface area (Å²) < 4.78 is 4.35. The Morgan fingerprint density at radius 2 is 2.07 bits per heavy atom. The second kappa shape index (κ2) is 7.71. The average Bonchev–Trinajstić information content (AvgIpc) is 3.09. The van der Waals surface area contributed by atoms with Crippen molar-refractivity contribution >= 4 is 36.8 Å². The van der Waals surface area contributed by atoms with Gasteiger partial charge in [0.1, 0.15) is 13.5 Å². The van der Waals surface area contributed by atoms with E-state index in [4.69, 9.17) is 4.98 Å². The lowest BCUT2D eigenvalue weighted by Gasteiger charge is -2.39. The molecule has 2 fully saturated rings. The molecule has 6 nitrogen and oxygen atoms in total. The Hall–Kier alpha value is -1.54. The average molecular weight is 399 g/mol. The standard InChI is InChI=1S/C20H30BN5OS/c1-13-5-4-6-16(13)26-17-15(11-14(2)18(26)27)12-22-19(23-17)24-20(21)7-9-25(28-3)10-8-20/h11-13,16H,4-10,21H2,1-3H3,(H,22,23,24). The molecule has 2 atom stereocenters. The van der Waals surface area contributed by atoms with Crippen molar-refractivity contribution in [1.82, 2.24) is 18.8 Å². The first-order chi connectivity index (χ1) is 13.4. The lowest BCUT2D eigenvalue weighted by atomic mass is 9.71. The summed E-state index contributed by atoms with van der Waals surface area (Å²) in [4.78, 5) is 22.5. The molecule has 2 aliphatic rings. The molecule has 0 amide bonds. The van der Waals surface area contributed by atoms with Crippen molar-refractivity contribution in [2.24, 2.45) is 5.92 Å². The van der Waals surface area contributed by atoms with Gasteiger partial charge in [0.05, 0.1) is 0 Å². The number of hydrogen-bond donors (Lipinski definition) is 1. The molecule has 1 aliphatic heterocycles. The van der Waals surface area contributed by atoms with Gasteiger partial charge in [-0.1, -0.05) is 25.3 Å². The molecule has 3 heterocycles. The van der Waals surface area contributed by atoms with E-state index in [1.165, 1.54) is 12.8 Å². The Morgan fingerprint density at radius 1 is 1.32 bits per heavy atom. The third-order valence-electron chi connectivity index (χ3n) is 6.60. The Balaban J connectivity index is 1.70. The first-order valence-electron chi connectivity index (χ1n) is 10.4. The molecule has 0 aromatic carbocycles. The van der Waals surface area contributed by atoms with E-state index in [9.17, 15) is 4.79 Å². The van der Waals surface area contributed by atoms with Crippen LogP contribution in [0.4, 0.5) is 5.95 Å². The summed E-state index contributed by atoms with van der Waals surface area (Å²) in [6.45, 7) is 6.26. The molecule has 0 radical (unpaired) electrons. The fourth-order valence-electron chi connectivity index (χ4n) is 4.69. The number of pyridine rings is 1. The monoisotopic (exact) mass is 399 g/mol. The predicted molar refractivity (Wildman–Crippen MR) is 120 cm³/mol. The number of fused-ring (bicyclic) bond motifs is 1. The Kier molecular flexibility index (Phi) is 5.44. The van der Waals surface area contributed by atoms with Crippen LogP contribution in [0.15, 0.2) is 17.1 Å². The Labute approximate surface area is 172 Å². The summed E-state index contributed by atoms with van der Waals surface area (Å²) in [7, 11) is 2.25. The molecule has 2 aromatic heterocycles. The highest BCUT2D eigenvalue weighted by atomic mass is 32.2. The number of anilines is 1. The smallest absolute Gasteiger partial charge is 0.255 e. The molecular weight excluding hydrogens is 369 g/mol. The van der Waals surface area contributed by atoms with Gasteiger partial charge < -0.3 is 5.32 Å². The first-order valence-corrected chi connectivity index (χ1v) is 11.5. The molecule has 4 rings (SSSR count). The zero-order valence-corrected chi connectivity index (χ0v) is 18.2. The minimum absolute atomic E-state index is 0.0175. The maximum absolute atomic E-state index is 13.0. The zero-order chi connectivity index (χ0) is 19.9. The number of nitrogens with zero attached hydrogens (tertiary/aromatic N) is 4. The largest absolute Gasteiger partial charge is 0.356 e. The molecule has 150 valence electrons. The number of nitrogens with one attached hydrogen (secondary N) is 1. The van der Waals surface area contributed by atoms with Crippen molar-refractivity contribution in [3.05, 3.63) is 28.2 Å². The molecular formula is C20H30BN5OS. The number of piperidine rings is 1. The van der Waals surface area contributed by atoms with Gasteiger partial charge in [-0.25, -0.2) is 4.98 Å². The van der Waals surface area contributed by atoms with Crippen molar-refractivity contribution in [3.63, 3.8) is 0 Å². The molecule has 0 spiro atoms. The highest BCUT2D eigenvalue weighted by Gasteiger charge is 2.31. The van der Waals surface area contributed by atoms with Crippen molar-refractivity contribution in [1.29, 1.82) is 0 Å². The lowest BCUT2D eigenvalue weighted by Crippen LogP contribution is -2.48. The lowest BCUT2D eigenvalue weighted by molar-refractivity contribution is 0.333. The highest BCUT2D eigenvalue weighted by Crippen LogP contribution is 2.36. The molecule has 1 saturated heterocycles. The maximum atomic E-state index is 13.0. The molecule has 0 bridgehead atoms. The van der Waals surface area contributed by atoms with E-state index in [2.05, 4.69) is 35.6 Å². The molecule has 1 N–H and O–H groups in total. The third-order valence-corrected chi connectivity index (χ3v) is 7.48. The third kappa shape index (κ3) is 3.68. The van der Waals surface area contributed by atoms with Crippen LogP contribution in [0.25, 0.3) is 11.0 Å². The predicted octanol–water partition coefficient (Wildman–Crippen LogP) is 2.58. The highest BCUT2D eigenvalue weighted by molar-refractivity contribution is 7.96. The minimum atomic E-state index is -0.0175.